The number of aromatic nitrogens is 1. The molecular weight excluding hydrogens is 392 g/mol. The van der Waals surface area contributed by atoms with Crippen molar-refractivity contribution in [2.45, 2.75) is 20.0 Å². The van der Waals surface area contributed by atoms with Crippen molar-refractivity contribution >= 4 is 34.0 Å². The number of benzene rings is 2. The highest BCUT2D eigenvalue weighted by molar-refractivity contribution is 7.13. The van der Waals surface area contributed by atoms with Crippen molar-refractivity contribution in [1.82, 2.24) is 9.88 Å². The molecule has 0 atom stereocenters. The van der Waals surface area contributed by atoms with Gasteiger partial charge in [0.2, 0.25) is 0 Å². The molecule has 2 heterocycles. The Hall–Kier alpha value is -3.19. The topological polar surface area (TPSA) is 46.1 Å². The number of amides is 2. The molecule has 0 bridgehead atoms. The summed E-state index contributed by atoms with van der Waals surface area (Å²) in [7, 11) is 0. The van der Waals surface area contributed by atoms with E-state index < -0.39 is 17.7 Å². The lowest BCUT2D eigenvalue weighted by molar-refractivity contribution is 0.251. The van der Waals surface area contributed by atoms with Crippen LogP contribution in [0.2, 0.25) is 0 Å². The van der Waals surface area contributed by atoms with Gasteiger partial charge in [-0.2, -0.15) is 0 Å². The molecular formula is C22H19F2N3OS. The van der Waals surface area contributed by atoms with E-state index in [0.29, 0.717) is 0 Å². The predicted octanol–water partition coefficient (Wildman–Crippen LogP) is 5.99. The second kappa shape index (κ2) is 8.05. The highest BCUT2D eigenvalue weighted by Gasteiger charge is 2.19. The van der Waals surface area contributed by atoms with E-state index in [1.165, 1.54) is 0 Å². The Bertz CT molecular complexity index is 1170. The average molecular weight is 411 g/mol. The number of hydrogen-bond acceptors (Lipinski definition) is 2. The van der Waals surface area contributed by atoms with Crippen LogP contribution in [0.15, 0.2) is 60.0 Å². The van der Waals surface area contributed by atoms with E-state index in [1.54, 1.807) is 11.3 Å². The van der Waals surface area contributed by atoms with Crippen LogP contribution in [-0.4, -0.2) is 10.6 Å². The fourth-order valence-corrected chi connectivity index (χ4v) is 4.31. The lowest BCUT2D eigenvalue weighted by Crippen LogP contribution is -2.28. The molecule has 0 saturated heterocycles. The smallest absolute Gasteiger partial charge is 0.319 e. The third-order valence-electron chi connectivity index (χ3n) is 4.75. The molecule has 2 N–H and O–H groups in total. The van der Waals surface area contributed by atoms with Crippen LogP contribution < -0.4 is 10.6 Å². The van der Waals surface area contributed by atoms with Crippen molar-refractivity contribution in [1.29, 1.82) is 0 Å². The van der Waals surface area contributed by atoms with Gasteiger partial charge in [0.15, 0.2) is 0 Å². The van der Waals surface area contributed by atoms with Crippen LogP contribution in [0.25, 0.3) is 21.5 Å². The van der Waals surface area contributed by atoms with Crippen LogP contribution in [0.5, 0.6) is 0 Å². The number of hydrogen-bond donors (Lipinski definition) is 2. The largest absolute Gasteiger partial charge is 0.340 e. The molecule has 0 saturated carbocycles. The third kappa shape index (κ3) is 3.73. The van der Waals surface area contributed by atoms with Gasteiger partial charge in [0.25, 0.3) is 0 Å². The number of nitrogens with one attached hydrogen (secondary N) is 2. The Balaban J connectivity index is 1.65. The highest BCUT2D eigenvalue weighted by atomic mass is 32.1. The maximum Gasteiger partial charge on any atom is 0.319 e. The van der Waals surface area contributed by atoms with Crippen molar-refractivity contribution in [3.05, 3.63) is 77.2 Å². The molecule has 0 fully saturated rings. The Morgan fingerprint density at radius 1 is 1.10 bits per heavy atom. The zero-order chi connectivity index (χ0) is 20.4. The van der Waals surface area contributed by atoms with Gasteiger partial charge < -0.3 is 15.2 Å². The molecule has 0 aliphatic heterocycles. The summed E-state index contributed by atoms with van der Waals surface area (Å²) < 4.78 is 29.3. The summed E-state index contributed by atoms with van der Waals surface area (Å²) in [4.78, 5) is 13.5. The zero-order valence-corrected chi connectivity index (χ0v) is 16.5. The molecule has 2 aromatic carbocycles. The van der Waals surface area contributed by atoms with Crippen molar-refractivity contribution < 1.29 is 13.6 Å². The number of rotatable bonds is 5. The van der Waals surface area contributed by atoms with Gasteiger partial charge in [0.05, 0.1) is 16.3 Å². The maximum atomic E-state index is 13.8. The summed E-state index contributed by atoms with van der Waals surface area (Å²) in [6.07, 6.45) is 0. The molecule has 4 aromatic rings. The maximum absolute atomic E-state index is 13.8. The number of aryl methyl sites for hydroxylation is 1. The number of urea groups is 1. The van der Waals surface area contributed by atoms with E-state index in [-0.39, 0.29) is 12.2 Å². The van der Waals surface area contributed by atoms with Gasteiger partial charge in [-0.1, -0.05) is 24.3 Å². The monoisotopic (exact) mass is 411 g/mol. The number of thiophene rings is 1. The molecule has 0 aliphatic carbocycles. The first-order valence-corrected chi connectivity index (χ1v) is 10.1. The summed E-state index contributed by atoms with van der Waals surface area (Å²) in [5.74, 6) is -1.31. The Morgan fingerprint density at radius 3 is 2.69 bits per heavy atom. The zero-order valence-electron chi connectivity index (χ0n) is 15.7. The first-order chi connectivity index (χ1) is 14.1. The quantitative estimate of drug-likeness (QED) is 0.416. The Labute approximate surface area is 170 Å². The van der Waals surface area contributed by atoms with E-state index >= 15 is 0 Å². The minimum absolute atomic E-state index is 0.197. The van der Waals surface area contributed by atoms with Crippen LogP contribution in [0.3, 0.4) is 0 Å². The molecule has 0 radical (unpaired) electrons. The first kappa shape index (κ1) is 19.1. The average Bonchev–Trinajstić information content (AvgIpc) is 3.34. The lowest BCUT2D eigenvalue weighted by atomic mass is 10.1. The molecule has 0 aliphatic rings. The number of carbonyl (C=O) groups excluding carboxylic acids is 1. The summed E-state index contributed by atoms with van der Waals surface area (Å²) in [5, 5.41) is 8.22. The normalized spacial score (nSPS) is 11.0. The fraction of sp³-hybridized carbons (Fsp3) is 0.136. The molecule has 0 spiro atoms. The van der Waals surface area contributed by atoms with E-state index in [2.05, 4.69) is 34.3 Å². The van der Waals surface area contributed by atoms with Crippen molar-refractivity contribution in [2.24, 2.45) is 0 Å². The van der Waals surface area contributed by atoms with Crippen LogP contribution in [0.1, 0.15) is 12.5 Å². The molecule has 4 nitrogen and oxygen atoms in total. The molecule has 148 valence electrons. The Morgan fingerprint density at radius 2 is 1.93 bits per heavy atom. The fourth-order valence-electron chi connectivity index (χ4n) is 3.51. The van der Waals surface area contributed by atoms with Crippen molar-refractivity contribution in [3.8, 4) is 10.6 Å². The molecule has 4 rings (SSSR count). The molecule has 29 heavy (non-hydrogen) atoms. The molecule has 7 heteroatoms. The number of para-hydroxylation sites is 1. The second-order valence-electron chi connectivity index (χ2n) is 6.50. The summed E-state index contributed by atoms with van der Waals surface area (Å²) >= 11 is 1.63. The highest BCUT2D eigenvalue weighted by Crippen LogP contribution is 2.36. The summed E-state index contributed by atoms with van der Waals surface area (Å²) in [6, 6.07) is 14.4. The van der Waals surface area contributed by atoms with E-state index in [9.17, 15) is 13.6 Å². The van der Waals surface area contributed by atoms with Gasteiger partial charge in [0.1, 0.15) is 11.6 Å². The number of anilines is 1. The van der Waals surface area contributed by atoms with Crippen molar-refractivity contribution in [3.63, 3.8) is 0 Å². The van der Waals surface area contributed by atoms with Crippen LogP contribution >= 0.6 is 11.3 Å². The number of nitrogens with zero attached hydrogens (tertiary/aromatic N) is 1. The molecule has 0 unspecified atom stereocenters. The second-order valence-corrected chi connectivity index (χ2v) is 7.45. The van der Waals surface area contributed by atoms with E-state index in [4.69, 9.17) is 0 Å². The van der Waals surface area contributed by atoms with Crippen molar-refractivity contribution in [2.75, 3.05) is 5.32 Å². The summed E-state index contributed by atoms with van der Waals surface area (Å²) in [6.45, 7) is 3.12. The van der Waals surface area contributed by atoms with Crippen LogP contribution in [0, 0.1) is 11.6 Å². The number of fused-ring (bicyclic) bond motifs is 1. The Kier molecular flexibility index (Phi) is 5.31. The van der Waals surface area contributed by atoms with E-state index in [0.717, 1.165) is 51.8 Å². The first-order valence-electron chi connectivity index (χ1n) is 9.22. The van der Waals surface area contributed by atoms with Gasteiger partial charge in [-0.3, -0.25) is 0 Å². The molecule has 2 amide bonds. The number of carbonyl (C=O) groups is 1. The summed E-state index contributed by atoms with van der Waals surface area (Å²) in [5.41, 5.74) is 2.93. The lowest BCUT2D eigenvalue weighted by Gasteiger charge is -2.11. The van der Waals surface area contributed by atoms with Gasteiger partial charge in [0, 0.05) is 35.6 Å². The van der Waals surface area contributed by atoms with Gasteiger partial charge in [-0.15, -0.1) is 11.3 Å². The minimum Gasteiger partial charge on any atom is -0.340 e. The predicted molar refractivity (Wildman–Crippen MR) is 113 cm³/mol. The molecule has 2 aromatic heterocycles. The minimum atomic E-state index is -0.691. The van der Waals surface area contributed by atoms with Gasteiger partial charge >= 0.3 is 6.03 Å². The van der Waals surface area contributed by atoms with E-state index in [1.807, 2.05) is 29.6 Å². The van der Waals surface area contributed by atoms with Crippen LogP contribution in [0.4, 0.5) is 19.3 Å². The standard InChI is InChI=1S/C22H19F2N3OS/c1-2-27-19-7-4-3-6-15(19)16(21(27)20-8-5-11-29-20)13-25-22(28)26-18-12-14(23)9-10-17(18)24/h3-12H,2,13H2,1H3,(H2,25,26,28). The third-order valence-corrected chi connectivity index (χ3v) is 5.63. The SMILES string of the molecule is CCn1c(-c2cccs2)c(CNC(=O)Nc2cc(F)ccc2F)c2ccccc21. The van der Waals surface area contributed by atoms with Crippen LogP contribution in [-0.2, 0) is 13.1 Å². The van der Waals surface area contributed by atoms with Gasteiger partial charge in [-0.05, 0) is 36.6 Å². The number of halogens is 2. The van der Waals surface area contributed by atoms with Gasteiger partial charge in [-0.25, -0.2) is 13.6 Å².